The second-order valence-corrected chi connectivity index (χ2v) is 4.50. The molecule has 3 N–H and O–H groups in total. The predicted molar refractivity (Wildman–Crippen MR) is 56.6 cm³/mol. The van der Waals surface area contributed by atoms with Crippen molar-refractivity contribution in [2.45, 2.75) is 18.2 Å². The van der Waals surface area contributed by atoms with Gasteiger partial charge in [0.15, 0.2) is 0 Å². The fraction of sp³-hybridized carbons (Fsp3) is 0.333. The van der Waals surface area contributed by atoms with E-state index in [-0.39, 0.29) is 4.90 Å². The summed E-state index contributed by atoms with van der Waals surface area (Å²) in [5.41, 5.74) is 0.567. The number of rotatable bonds is 4. The topological polar surface area (TPSA) is 72.2 Å². The fourth-order valence-electron chi connectivity index (χ4n) is 1.12. The van der Waals surface area contributed by atoms with Crippen LogP contribution >= 0.6 is 0 Å². The summed E-state index contributed by atoms with van der Waals surface area (Å²) in [4.78, 5) is 0.147. The van der Waals surface area contributed by atoms with Crippen LogP contribution in [0.3, 0.4) is 0 Å². The largest absolute Gasteiger partial charge is 0.384 e. The van der Waals surface area contributed by atoms with Crippen LogP contribution < -0.4 is 10.5 Å². The number of nitrogens with one attached hydrogen (secondary N) is 1. The molecule has 0 bridgehead atoms. The molecule has 1 aromatic rings. The number of sulfonamides is 1. The molecule has 0 heterocycles. The Morgan fingerprint density at radius 2 is 2.00 bits per heavy atom. The standard InChI is InChI=1S/C9H14N2O2S/c1-2-7-11-8-5-3-4-6-9(8)14(10,12)13/h3-6,11H,2,7H2,1H3,(H2,10,12,13). The van der Waals surface area contributed by atoms with Crippen molar-refractivity contribution in [2.75, 3.05) is 11.9 Å². The average molecular weight is 214 g/mol. The van der Waals surface area contributed by atoms with Crippen LogP contribution in [0.15, 0.2) is 29.2 Å². The van der Waals surface area contributed by atoms with E-state index in [1.807, 2.05) is 6.92 Å². The molecule has 0 amide bonds. The Morgan fingerprint density at radius 1 is 1.36 bits per heavy atom. The van der Waals surface area contributed by atoms with Crippen LogP contribution in [0, 0.1) is 0 Å². The number of nitrogens with two attached hydrogens (primary N) is 1. The molecule has 0 saturated heterocycles. The number of anilines is 1. The predicted octanol–water partition coefficient (Wildman–Crippen LogP) is 1.16. The van der Waals surface area contributed by atoms with Crippen molar-refractivity contribution < 1.29 is 8.42 Å². The van der Waals surface area contributed by atoms with Gasteiger partial charge in [-0.1, -0.05) is 19.1 Å². The first-order valence-electron chi connectivity index (χ1n) is 4.41. The summed E-state index contributed by atoms with van der Waals surface area (Å²) in [6.45, 7) is 2.74. The van der Waals surface area contributed by atoms with E-state index >= 15 is 0 Å². The molecule has 1 aromatic carbocycles. The van der Waals surface area contributed by atoms with E-state index in [0.29, 0.717) is 5.69 Å². The van der Waals surface area contributed by atoms with E-state index in [1.165, 1.54) is 6.07 Å². The fourth-order valence-corrected chi connectivity index (χ4v) is 1.84. The molecule has 14 heavy (non-hydrogen) atoms. The molecule has 0 spiro atoms. The van der Waals surface area contributed by atoms with Crippen molar-refractivity contribution >= 4 is 15.7 Å². The van der Waals surface area contributed by atoms with Gasteiger partial charge in [0, 0.05) is 6.54 Å². The Kier molecular flexibility index (Phi) is 3.49. The lowest BCUT2D eigenvalue weighted by Crippen LogP contribution is -2.15. The Balaban J connectivity index is 3.04. The van der Waals surface area contributed by atoms with Crippen molar-refractivity contribution in [1.29, 1.82) is 0 Å². The summed E-state index contributed by atoms with van der Waals surface area (Å²) in [6.07, 6.45) is 0.930. The summed E-state index contributed by atoms with van der Waals surface area (Å²) < 4.78 is 22.3. The Morgan fingerprint density at radius 3 is 2.57 bits per heavy atom. The third-order valence-electron chi connectivity index (χ3n) is 1.76. The van der Waals surface area contributed by atoms with Gasteiger partial charge in [-0.05, 0) is 18.6 Å². The van der Waals surface area contributed by atoms with E-state index < -0.39 is 10.0 Å². The maximum atomic E-state index is 11.2. The highest BCUT2D eigenvalue weighted by molar-refractivity contribution is 7.89. The quantitative estimate of drug-likeness (QED) is 0.789. The van der Waals surface area contributed by atoms with Crippen LogP contribution in [-0.2, 0) is 10.0 Å². The number of hydrogen-bond acceptors (Lipinski definition) is 3. The number of primary sulfonamides is 1. The second kappa shape index (κ2) is 4.43. The molecular formula is C9H14N2O2S. The molecule has 0 radical (unpaired) electrons. The maximum Gasteiger partial charge on any atom is 0.240 e. The zero-order valence-electron chi connectivity index (χ0n) is 8.03. The minimum absolute atomic E-state index is 0.147. The van der Waals surface area contributed by atoms with Crippen LogP contribution in [0.1, 0.15) is 13.3 Å². The van der Waals surface area contributed by atoms with Gasteiger partial charge in [-0.2, -0.15) is 0 Å². The van der Waals surface area contributed by atoms with Gasteiger partial charge in [0.05, 0.1) is 5.69 Å². The SMILES string of the molecule is CCCNc1ccccc1S(N)(=O)=O. The van der Waals surface area contributed by atoms with Gasteiger partial charge in [-0.3, -0.25) is 0 Å². The lowest BCUT2D eigenvalue weighted by Gasteiger charge is -2.08. The minimum Gasteiger partial charge on any atom is -0.384 e. The van der Waals surface area contributed by atoms with Crippen LogP contribution in [0.4, 0.5) is 5.69 Å². The number of para-hydroxylation sites is 1. The molecule has 0 atom stereocenters. The van der Waals surface area contributed by atoms with Gasteiger partial charge in [-0.25, -0.2) is 13.6 Å². The Labute approximate surface area is 84.2 Å². The molecule has 4 nitrogen and oxygen atoms in total. The molecule has 78 valence electrons. The monoisotopic (exact) mass is 214 g/mol. The zero-order valence-corrected chi connectivity index (χ0v) is 8.84. The smallest absolute Gasteiger partial charge is 0.240 e. The normalized spacial score (nSPS) is 11.3. The van der Waals surface area contributed by atoms with Crippen LogP contribution in [0.25, 0.3) is 0 Å². The zero-order chi connectivity index (χ0) is 10.6. The number of benzene rings is 1. The van der Waals surface area contributed by atoms with E-state index in [9.17, 15) is 8.42 Å². The summed E-state index contributed by atoms with van der Waals surface area (Å²) in [6, 6.07) is 6.62. The molecule has 0 aliphatic rings. The summed E-state index contributed by atoms with van der Waals surface area (Å²) in [5, 5.41) is 8.07. The molecule has 0 aliphatic heterocycles. The highest BCUT2D eigenvalue weighted by Crippen LogP contribution is 2.18. The average Bonchev–Trinajstić information content (AvgIpc) is 2.14. The molecule has 5 heteroatoms. The van der Waals surface area contributed by atoms with Crippen molar-refractivity contribution in [2.24, 2.45) is 5.14 Å². The minimum atomic E-state index is -3.63. The van der Waals surface area contributed by atoms with Gasteiger partial charge in [0.25, 0.3) is 0 Å². The lowest BCUT2D eigenvalue weighted by atomic mass is 10.3. The van der Waals surface area contributed by atoms with E-state index in [2.05, 4.69) is 5.32 Å². The molecule has 0 unspecified atom stereocenters. The summed E-state index contributed by atoms with van der Waals surface area (Å²) >= 11 is 0. The first kappa shape index (κ1) is 11.0. The first-order valence-corrected chi connectivity index (χ1v) is 5.96. The van der Waals surface area contributed by atoms with Crippen molar-refractivity contribution in [3.05, 3.63) is 24.3 Å². The van der Waals surface area contributed by atoms with Gasteiger partial charge < -0.3 is 5.32 Å². The Hall–Kier alpha value is -1.07. The van der Waals surface area contributed by atoms with Gasteiger partial charge in [0.2, 0.25) is 10.0 Å². The molecule has 0 saturated carbocycles. The highest BCUT2D eigenvalue weighted by atomic mass is 32.2. The van der Waals surface area contributed by atoms with Crippen LogP contribution in [0.5, 0.6) is 0 Å². The molecule has 0 fully saturated rings. The lowest BCUT2D eigenvalue weighted by molar-refractivity contribution is 0.598. The van der Waals surface area contributed by atoms with Crippen LogP contribution in [0.2, 0.25) is 0 Å². The third-order valence-corrected chi connectivity index (χ3v) is 2.73. The van der Waals surface area contributed by atoms with Gasteiger partial charge >= 0.3 is 0 Å². The van der Waals surface area contributed by atoms with Crippen molar-refractivity contribution in [3.8, 4) is 0 Å². The highest BCUT2D eigenvalue weighted by Gasteiger charge is 2.11. The van der Waals surface area contributed by atoms with Crippen LogP contribution in [-0.4, -0.2) is 15.0 Å². The third kappa shape index (κ3) is 2.71. The van der Waals surface area contributed by atoms with Crippen molar-refractivity contribution in [3.63, 3.8) is 0 Å². The Bertz CT molecular complexity index is 401. The molecule has 0 aliphatic carbocycles. The first-order chi connectivity index (χ1) is 6.55. The maximum absolute atomic E-state index is 11.2. The second-order valence-electron chi connectivity index (χ2n) is 2.97. The summed E-state index contributed by atoms with van der Waals surface area (Å²) in [7, 11) is -3.63. The number of hydrogen-bond donors (Lipinski definition) is 2. The summed E-state index contributed by atoms with van der Waals surface area (Å²) in [5.74, 6) is 0. The molecule has 1 rings (SSSR count). The van der Waals surface area contributed by atoms with E-state index in [1.54, 1.807) is 18.2 Å². The van der Waals surface area contributed by atoms with E-state index in [0.717, 1.165) is 13.0 Å². The molecule has 0 aromatic heterocycles. The van der Waals surface area contributed by atoms with Gasteiger partial charge in [0.1, 0.15) is 4.90 Å². The molecular weight excluding hydrogens is 200 g/mol. The van der Waals surface area contributed by atoms with Crippen molar-refractivity contribution in [1.82, 2.24) is 0 Å². The van der Waals surface area contributed by atoms with E-state index in [4.69, 9.17) is 5.14 Å². The van der Waals surface area contributed by atoms with Gasteiger partial charge in [-0.15, -0.1) is 0 Å².